The summed E-state index contributed by atoms with van der Waals surface area (Å²) in [6.45, 7) is 2.03. The summed E-state index contributed by atoms with van der Waals surface area (Å²) in [6.07, 6.45) is 5.32. The molecule has 0 amide bonds. The Bertz CT molecular complexity index is 1050. The van der Waals surface area contributed by atoms with Crippen molar-refractivity contribution in [3.8, 4) is 5.75 Å². The van der Waals surface area contributed by atoms with Crippen molar-refractivity contribution in [2.75, 3.05) is 5.32 Å². The number of aryl methyl sites for hydroxylation is 1. The van der Waals surface area contributed by atoms with Crippen LogP contribution >= 0.6 is 0 Å². The minimum Gasteiger partial charge on any atom is -0.505 e. The second-order valence-electron chi connectivity index (χ2n) is 6.19. The predicted octanol–water partition coefficient (Wildman–Crippen LogP) is 3.66. The molecule has 0 saturated heterocycles. The maximum absolute atomic E-state index is 10.9. The molecule has 0 aliphatic rings. The number of H-pyrrole nitrogens is 1. The van der Waals surface area contributed by atoms with Gasteiger partial charge in [0.25, 0.3) is 5.82 Å². The van der Waals surface area contributed by atoms with Gasteiger partial charge in [-0.15, -0.1) is 0 Å². The minimum atomic E-state index is -0.319. The van der Waals surface area contributed by atoms with E-state index in [-0.39, 0.29) is 11.8 Å². The highest BCUT2D eigenvalue weighted by Gasteiger charge is 2.25. The van der Waals surface area contributed by atoms with Gasteiger partial charge in [0.2, 0.25) is 0 Å². The number of hydrogen-bond acceptors (Lipinski definition) is 4. The van der Waals surface area contributed by atoms with E-state index in [1.807, 2.05) is 67.7 Å². The summed E-state index contributed by atoms with van der Waals surface area (Å²) < 4.78 is 0. The van der Waals surface area contributed by atoms with Gasteiger partial charge in [0.05, 0.1) is 11.9 Å². The molecule has 0 aliphatic carbocycles. The second kappa shape index (κ2) is 6.80. The highest BCUT2D eigenvalue weighted by molar-refractivity contribution is 5.85. The first-order valence-electron chi connectivity index (χ1n) is 8.45. The molecule has 0 unspecified atom stereocenters. The number of hydrogen-bond donors (Lipinski definition) is 2. The van der Waals surface area contributed by atoms with Gasteiger partial charge in [-0.3, -0.25) is 15.3 Å². The van der Waals surface area contributed by atoms with Crippen molar-refractivity contribution in [1.29, 1.82) is 0 Å². The molecule has 5 nitrogen and oxygen atoms in total. The quantitative estimate of drug-likeness (QED) is 0.593. The maximum atomic E-state index is 10.9. The zero-order valence-corrected chi connectivity index (χ0v) is 14.3. The summed E-state index contributed by atoms with van der Waals surface area (Å²) in [6, 6.07) is 17.1. The molecule has 1 atom stereocenters. The SMILES string of the molecule is Cc1cc[nH+]c(N[C@@H](c2ccccn2)c2ccc3cccnc3c2O)c1. The molecule has 3 heterocycles. The number of anilines is 1. The number of fused-ring (bicyclic) bond motifs is 1. The van der Waals surface area contributed by atoms with Crippen molar-refractivity contribution in [3.63, 3.8) is 0 Å². The fraction of sp³-hybridized carbons (Fsp3) is 0.0952. The van der Waals surface area contributed by atoms with Gasteiger partial charge in [-0.2, -0.15) is 0 Å². The van der Waals surface area contributed by atoms with Crippen LogP contribution < -0.4 is 10.3 Å². The number of phenols is 1. The number of phenolic OH excluding ortho intramolecular Hbond substituents is 1. The van der Waals surface area contributed by atoms with E-state index in [4.69, 9.17) is 0 Å². The summed E-state index contributed by atoms with van der Waals surface area (Å²) in [5, 5.41) is 15.2. The molecule has 1 aromatic carbocycles. The molecule has 0 saturated carbocycles. The minimum absolute atomic E-state index is 0.166. The molecular weight excluding hydrogens is 324 g/mol. The van der Waals surface area contributed by atoms with Gasteiger partial charge in [-0.1, -0.05) is 18.2 Å². The Morgan fingerprint density at radius 2 is 1.88 bits per heavy atom. The molecule has 26 heavy (non-hydrogen) atoms. The summed E-state index contributed by atoms with van der Waals surface area (Å²) in [5.74, 6) is 1.01. The van der Waals surface area contributed by atoms with Gasteiger partial charge >= 0.3 is 0 Å². The molecule has 128 valence electrons. The van der Waals surface area contributed by atoms with Gasteiger partial charge in [0.1, 0.15) is 11.3 Å². The van der Waals surface area contributed by atoms with Crippen LogP contribution in [0.5, 0.6) is 5.75 Å². The third kappa shape index (κ3) is 3.07. The monoisotopic (exact) mass is 343 g/mol. The number of aromatic nitrogens is 3. The lowest BCUT2D eigenvalue weighted by Crippen LogP contribution is -2.20. The molecule has 4 aromatic rings. The Morgan fingerprint density at radius 3 is 2.69 bits per heavy atom. The van der Waals surface area contributed by atoms with Crippen molar-refractivity contribution in [2.24, 2.45) is 0 Å². The first kappa shape index (κ1) is 16.0. The fourth-order valence-corrected chi connectivity index (χ4v) is 3.06. The first-order chi connectivity index (χ1) is 12.7. The fourth-order valence-electron chi connectivity index (χ4n) is 3.06. The number of benzene rings is 1. The van der Waals surface area contributed by atoms with Crippen molar-refractivity contribution >= 4 is 16.7 Å². The van der Waals surface area contributed by atoms with Gasteiger partial charge < -0.3 is 5.11 Å². The van der Waals surface area contributed by atoms with Crippen LogP contribution in [0.3, 0.4) is 0 Å². The highest BCUT2D eigenvalue weighted by atomic mass is 16.3. The van der Waals surface area contributed by atoms with Crippen LogP contribution in [0.15, 0.2) is 73.2 Å². The average Bonchev–Trinajstić information content (AvgIpc) is 2.68. The zero-order chi connectivity index (χ0) is 17.9. The molecule has 3 aromatic heterocycles. The topological polar surface area (TPSA) is 72.2 Å². The van der Waals surface area contributed by atoms with Crippen LogP contribution in [-0.2, 0) is 0 Å². The highest BCUT2D eigenvalue weighted by Crippen LogP contribution is 2.35. The van der Waals surface area contributed by atoms with E-state index in [2.05, 4.69) is 20.3 Å². The normalized spacial score (nSPS) is 12.0. The van der Waals surface area contributed by atoms with E-state index >= 15 is 0 Å². The third-order valence-electron chi connectivity index (χ3n) is 4.33. The number of aromatic hydroxyl groups is 1. The molecule has 0 bridgehead atoms. The Balaban J connectivity index is 1.84. The lowest BCUT2D eigenvalue weighted by Gasteiger charge is -2.16. The van der Waals surface area contributed by atoms with Crippen molar-refractivity contribution in [2.45, 2.75) is 13.0 Å². The Morgan fingerprint density at radius 1 is 1.00 bits per heavy atom. The number of nitrogens with zero attached hydrogens (tertiary/aromatic N) is 2. The Kier molecular flexibility index (Phi) is 4.19. The van der Waals surface area contributed by atoms with Gasteiger partial charge in [-0.25, -0.2) is 4.98 Å². The standard InChI is InChI=1S/C21H18N4O/c1-14-9-12-23-18(13-14)25-20(17-6-2-3-10-22-17)16-8-7-15-5-4-11-24-19(15)21(16)26/h2-13,20,26H,1H3,(H,23,25)/p+1/t20-/m1/s1. The lowest BCUT2D eigenvalue weighted by molar-refractivity contribution is -0.361. The van der Waals surface area contributed by atoms with Crippen LogP contribution in [0.1, 0.15) is 22.9 Å². The zero-order valence-electron chi connectivity index (χ0n) is 14.3. The summed E-state index contributed by atoms with van der Waals surface area (Å²) >= 11 is 0. The maximum Gasteiger partial charge on any atom is 0.273 e. The summed E-state index contributed by atoms with van der Waals surface area (Å²) in [7, 11) is 0. The molecular formula is C21H19N4O+. The number of aromatic amines is 1. The van der Waals surface area contributed by atoms with E-state index in [1.165, 1.54) is 0 Å². The van der Waals surface area contributed by atoms with Crippen LogP contribution in [0.4, 0.5) is 5.82 Å². The molecule has 0 radical (unpaired) electrons. The number of rotatable bonds is 4. The van der Waals surface area contributed by atoms with Gasteiger partial charge in [0.15, 0.2) is 6.04 Å². The predicted molar refractivity (Wildman–Crippen MR) is 101 cm³/mol. The third-order valence-corrected chi connectivity index (χ3v) is 4.33. The lowest BCUT2D eigenvalue weighted by atomic mass is 9.99. The van der Waals surface area contributed by atoms with Crippen molar-refractivity contribution in [3.05, 3.63) is 90.0 Å². The van der Waals surface area contributed by atoms with Crippen molar-refractivity contribution in [1.82, 2.24) is 9.97 Å². The molecule has 3 N–H and O–H groups in total. The van der Waals surface area contributed by atoms with Crippen LogP contribution in [0, 0.1) is 6.92 Å². The van der Waals surface area contributed by atoms with Crippen LogP contribution in [-0.4, -0.2) is 15.1 Å². The first-order valence-corrected chi connectivity index (χ1v) is 8.45. The number of pyridine rings is 3. The molecule has 0 spiro atoms. The van der Waals surface area contributed by atoms with Crippen LogP contribution in [0.2, 0.25) is 0 Å². The van der Waals surface area contributed by atoms with Crippen molar-refractivity contribution < 1.29 is 10.1 Å². The van der Waals surface area contributed by atoms with Crippen LogP contribution in [0.25, 0.3) is 10.9 Å². The Hall–Kier alpha value is -3.47. The number of nitrogens with one attached hydrogen (secondary N) is 2. The average molecular weight is 343 g/mol. The molecule has 5 heteroatoms. The van der Waals surface area contributed by atoms with E-state index in [1.54, 1.807) is 12.4 Å². The van der Waals surface area contributed by atoms with Gasteiger partial charge in [-0.05, 0) is 42.8 Å². The second-order valence-corrected chi connectivity index (χ2v) is 6.19. The van der Waals surface area contributed by atoms with Gasteiger partial charge in [0, 0.05) is 29.4 Å². The smallest absolute Gasteiger partial charge is 0.273 e. The van der Waals surface area contributed by atoms with E-state index in [0.29, 0.717) is 5.52 Å². The molecule has 4 rings (SSSR count). The largest absolute Gasteiger partial charge is 0.505 e. The van der Waals surface area contributed by atoms with E-state index < -0.39 is 0 Å². The van der Waals surface area contributed by atoms with E-state index in [9.17, 15) is 5.11 Å². The summed E-state index contributed by atoms with van der Waals surface area (Å²) in [5.41, 5.74) is 3.26. The Labute approximate surface area is 151 Å². The summed E-state index contributed by atoms with van der Waals surface area (Å²) in [4.78, 5) is 12.0. The van der Waals surface area contributed by atoms with E-state index in [0.717, 1.165) is 28.0 Å². The molecule has 0 fully saturated rings. The molecule has 0 aliphatic heterocycles.